The van der Waals surface area contributed by atoms with Crippen molar-refractivity contribution >= 4 is 11.3 Å². The van der Waals surface area contributed by atoms with Crippen LogP contribution < -0.4 is 5.73 Å². The van der Waals surface area contributed by atoms with Gasteiger partial charge in [0.1, 0.15) is 30.2 Å². The molecule has 5 N–H and O–H groups in total. The molecule has 1 aliphatic carbocycles. The standard InChI is InChI=1S/C11H11N7O4/c12-8-5-2-1-4(18(5)15-3-14-8)6-7(19)10(21)9(20)11(10,22-6)16-17-13/h1-3,6-7,9,19-21H,(H2,12,14,15)/t6-,7-,9?,10+,11?/m0/s1. The van der Waals surface area contributed by atoms with Crippen LogP contribution in [-0.2, 0) is 4.74 Å². The SMILES string of the molecule is [N-]=[N+]=NC12O[C@@H](c3ccc4c(N)ncnn34)[C@H](O)[C@@]1(O)C2O. The summed E-state index contributed by atoms with van der Waals surface area (Å²) in [6, 6.07) is 3.23. The van der Waals surface area contributed by atoms with Gasteiger partial charge in [-0.25, -0.2) is 9.50 Å². The molecule has 2 aromatic rings. The van der Waals surface area contributed by atoms with Gasteiger partial charge in [-0.15, -0.1) is 0 Å². The molecule has 0 amide bonds. The Kier molecular flexibility index (Phi) is 2.32. The van der Waals surface area contributed by atoms with E-state index >= 15 is 0 Å². The van der Waals surface area contributed by atoms with Gasteiger partial charge in [0, 0.05) is 4.91 Å². The van der Waals surface area contributed by atoms with Crippen molar-refractivity contribution in [1.29, 1.82) is 0 Å². The number of anilines is 1. The zero-order valence-corrected chi connectivity index (χ0v) is 11.0. The van der Waals surface area contributed by atoms with E-state index in [9.17, 15) is 15.3 Å². The second-order valence-electron chi connectivity index (χ2n) is 5.30. The Morgan fingerprint density at radius 2 is 2.23 bits per heavy atom. The van der Waals surface area contributed by atoms with E-state index in [0.29, 0.717) is 11.2 Å². The van der Waals surface area contributed by atoms with E-state index in [0.717, 1.165) is 0 Å². The number of aliphatic hydroxyl groups excluding tert-OH is 2. The molecule has 114 valence electrons. The lowest BCUT2D eigenvalue weighted by Crippen LogP contribution is -2.35. The lowest BCUT2D eigenvalue weighted by Gasteiger charge is -2.20. The van der Waals surface area contributed by atoms with Crippen LogP contribution in [0.2, 0.25) is 0 Å². The zero-order chi connectivity index (χ0) is 15.7. The number of fused-ring (bicyclic) bond motifs is 2. The van der Waals surface area contributed by atoms with E-state index in [1.54, 1.807) is 12.1 Å². The number of nitrogen functional groups attached to an aromatic ring is 1. The topological polar surface area (TPSA) is 175 Å². The Bertz CT molecular complexity index is 833. The van der Waals surface area contributed by atoms with Gasteiger partial charge in [-0.3, -0.25) is 0 Å². The first kappa shape index (κ1) is 13.2. The molecular weight excluding hydrogens is 294 g/mol. The van der Waals surface area contributed by atoms with Crippen LogP contribution in [-0.4, -0.2) is 53.5 Å². The van der Waals surface area contributed by atoms with Crippen LogP contribution in [0.4, 0.5) is 5.82 Å². The molecule has 3 heterocycles. The minimum absolute atomic E-state index is 0.238. The van der Waals surface area contributed by atoms with E-state index in [1.165, 1.54) is 10.8 Å². The molecule has 2 aromatic heterocycles. The maximum Gasteiger partial charge on any atom is 0.210 e. The molecule has 1 saturated carbocycles. The normalized spacial score (nSPS) is 39.5. The Hall–Kier alpha value is -2.43. The fourth-order valence-electron chi connectivity index (χ4n) is 3.08. The molecule has 22 heavy (non-hydrogen) atoms. The van der Waals surface area contributed by atoms with Crippen LogP contribution in [0.3, 0.4) is 0 Å². The number of aromatic nitrogens is 3. The third-order valence-corrected chi connectivity index (χ3v) is 4.32. The summed E-state index contributed by atoms with van der Waals surface area (Å²) in [6.45, 7) is 0. The van der Waals surface area contributed by atoms with Crippen molar-refractivity contribution in [2.45, 2.75) is 29.6 Å². The molecule has 0 spiro atoms. The molecule has 2 fully saturated rings. The predicted octanol–water partition coefficient (Wildman–Crippen LogP) is -1.14. The van der Waals surface area contributed by atoms with Crippen LogP contribution in [0, 0.1) is 0 Å². The highest BCUT2D eigenvalue weighted by molar-refractivity contribution is 5.65. The minimum atomic E-state index is -2.05. The summed E-state index contributed by atoms with van der Waals surface area (Å²) in [5, 5.41) is 37.8. The summed E-state index contributed by atoms with van der Waals surface area (Å²) < 4.78 is 6.89. The molecule has 11 nitrogen and oxygen atoms in total. The van der Waals surface area contributed by atoms with Gasteiger partial charge in [0.25, 0.3) is 0 Å². The molecule has 11 heteroatoms. The molecule has 1 saturated heterocycles. The van der Waals surface area contributed by atoms with Crippen molar-refractivity contribution in [2.24, 2.45) is 5.11 Å². The van der Waals surface area contributed by atoms with Crippen LogP contribution in [0.1, 0.15) is 11.8 Å². The lowest BCUT2D eigenvalue weighted by atomic mass is 10.0. The van der Waals surface area contributed by atoms with Crippen molar-refractivity contribution in [2.75, 3.05) is 5.73 Å². The summed E-state index contributed by atoms with van der Waals surface area (Å²) in [6.07, 6.45) is -2.80. The van der Waals surface area contributed by atoms with Gasteiger partial charge in [-0.1, -0.05) is 5.11 Å². The minimum Gasteiger partial charge on any atom is -0.387 e. The molecule has 1 aliphatic heterocycles. The van der Waals surface area contributed by atoms with Crippen molar-refractivity contribution in [1.82, 2.24) is 14.6 Å². The smallest absolute Gasteiger partial charge is 0.210 e. The van der Waals surface area contributed by atoms with Crippen molar-refractivity contribution in [3.05, 3.63) is 34.6 Å². The summed E-state index contributed by atoms with van der Waals surface area (Å²) in [7, 11) is 0. The van der Waals surface area contributed by atoms with Gasteiger partial charge in [-0.05, 0) is 17.7 Å². The largest absolute Gasteiger partial charge is 0.387 e. The third-order valence-electron chi connectivity index (χ3n) is 4.32. The molecular formula is C11H11N7O4. The fourth-order valence-corrected chi connectivity index (χ4v) is 3.08. The van der Waals surface area contributed by atoms with Crippen molar-refractivity contribution < 1.29 is 20.1 Å². The number of nitrogens with zero attached hydrogens (tertiary/aromatic N) is 6. The summed E-state index contributed by atoms with van der Waals surface area (Å²) in [4.78, 5) is 6.42. The first-order valence-corrected chi connectivity index (χ1v) is 6.38. The van der Waals surface area contributed by atoms with Crippen molar-refractivity contribution in [3.8, 4) is 0 Å². The lowest BCUT2D eigenvalue weighted by molar-refractivity contribution is -0.0822. The fraction of sp³-hybridized carbons (Fsp3) is 0.455. The number of rotatable bonds is 2. The highest BCUT2D eigenvalue weighted by atomic mass is 16.6. The monoisotopic (exact) mass is 305 g/mol. The Labute approximate surface area is 122 Å². The average molecular weight is 305 g/mol. The summed E-state index contributed by atoms with van der Waals surface area (Å²) >= 11 is 0. The Morgan fingerprint density at radius 3 is 2.95 bits per heavy atom. The predicted molar refractivity (Wildman–Crippen MR) is 70.1 cm³/mol. The zero-order valence-electron chi connectivity index (χ0n) is 11.0. The van der Waals surface area contributed by atoms with Crippen LogP contribution in [0.15, 0.2) is 23.6 Å². The molecule has 2 aliphatic rings. The average Bonchev–Trinajstić information content (AvgIpc) is 2.85. The Morgan fingerprint density at radius 1 is 1.45 bits per heavy atom. The van der Waals surface area contributed by atoms with Gasteiger partial charge in [0.05, 0.1) is 5.69 Å². The Balaban J connectivity index is 1.82. The quantitative estimate of drug-likeness (QED) is 0.308. The maximum atomic E-state index is 10.3. The highest BCUT2D eigenvalue weighted by Crippen LogP contribution is 2.64. The van der Waals surface area contributed by atoms with Gasteiger partial charge in [0.2, 0.25) is 5.72 Å². The van der Waals surface area contributed by atoms with E-state index in [1.807, 2.05) is 0 Å². The van der Waals surface area contributed by atoms with E-state index in [4.69, 9.17) is 16.0 Å². The summed E-state index contributed by atoms with van der Waals surface area (Å²) in [5.74, 6) is 0.238. The maximum absolute atomic E-state index is 10.3. The number of hydrogen-bond acceptors (Lipinski definition) is 8. The van der Waals surface area contributed by atoms with Gasteiger partial charge >= 0.3 is 0 Å². The van der Waals surface area contributed by atoms with E-state index in [-0.39, 0.29) is 5.82 Å². The molecule has 5 atom stereocenters. The number of nitrogens with two attached hydrogens (primary N) is 1. The highest BCUT2D eigenvalue weighted by Gasteiger charge is 2.87. The second-order valence-corrected chi connectivity index (χ2v) is 5.30. The summed E-state index contributed by atoms with van der Waals surface area (Å²) in [5.41, 5.74) is 11.3. The third kappa shape index (κ3) is 1.23. The second kappa shape index (κ2) is 3.85. The van der Waals surface area contributed by atoms with Gasteiger partial charge in [-0.2, -0.15) is 5.10 Å². The number of hydrogen-bond donors (Lipinski definition) is 4. The number of azide groups is 1. The number of aliphatic hydroxyl groups is 3. The number of ether oxygens (including phenoxy) is 1. The van der Waals surface area contributed by atoms with Crippen LogP contribution >= 0.6 is 0 Å². The first-order chi connectivity index (χ1) is 10.5. The molecule has 2 unspecified atom stereocenters. The van der Waals surface area contributed by atoms with Crippen LogP contribution in [0.5, 0.6) is 0 Å². The van der Waals surface area contributed by atoms with Gasteiger partial charge < -0.3 is 25.8 Å². The van der Waals surface area contributed by atoms with E-state index in [2.05, 4.69) is 20.1 Å². The molecule has 0 aromatic carbocycles. The van der Waals surface area contributed by atoms with Gasteiger partial charge in [0.15, 0.2) is 11.4 Å². The van der Waals surface area contributed by atoms with E-state index < -0.39 is 29.6 Å². The molecule has 0 radical (unpaired) electrons. The van der Waals surface area contributed by atoms with Crippen LogP contribution in [0.25, 0.3) is 16.0 Å². The first-order valence-electron chi connectivity index (χ1n) is 6.38. The van der Waals surface area contributed by atoms with Crippen molar-refractivity contribution in [3.63, 3.8) is 0 Å². The molecule has 0 bridgehead atoms. The molecule has 4 rings (SSSR count).